The van der Waals surface area contributed by atoms with Gasteiger partial charge in [-0.1, -0.05) is 0 Å². The average Bonchev–Trinajstić information content (AvgIpc) is 2.86. The summed E-state index contributed by atoms with van der Waals surface area (Å²) < 4.78 is 25.7. The van der Waals surface area contributed by atoms with Crippen LogP contribution in [0.25, 0.3) is 0 Å². The van der Waals surface area contributed by atoms with Crippen LogP contribution in [0, 0.1) is 0 Å². The van der Waals surface area contributed by atoms with Crippen LogP contribution in [0.1, 0.15) is 34.6 Å². The molecule has 1 heterocycles. The summed E-state index contributed by atoms with van der Waals surface area (Å²) in [6, 6.07) is 0. The third kappa shape index (κ3) is 6.67. The molecule has 1 aliphatic rings. The van der Waals surface area contributed by atoms with Crippen LogP contribution in [0.15, 0.2) is 12.2 Å². The van der Waals surface area contributed by atoms with Crippen LogP contribution in [0.2, 0.25) is 0 Å². The van der Waals surface area contributed by atoms with Crippen molar-refractivity contribution in [3.8, 4) is 0 Å². The molecular weight excluding hydrogens is 320 g/mol. The van der Waals surface area contributed by atoms with Gasteiger partial charge in [-0.05, 0) is 39.8 Å². The molecule has 8 nitrogen and oxygen atoms in total. The van der Waals surface area contributed by atoms with Gasteiger partial charge in [-0.25, -0.2) is 9.59 Å². The van der Waals surface area contributed by atoms with E-state index in [-0.39, 0.29) is 18.8 Å². The normalized spacial score (nSPS) is 23.7. The summed E-state index contributed by atoms with van der Waals surface area (Å²) in [5.74, 6) is -1.83. The molecule has 0 amide bonds. The minimum Gasteiger partial charge on any atom is -0.462 e. The predicted molar refractivity (Wildman–Crippen MR) is 81.8 cm³/mol. The van der Waals surface area contributed by atoms with Crippen LogP contribution in [0.5, 0.6) is 0 Å². The molecule has 0 aromatic carbocycles. The van der Waals surface area contributed by atoms with Gasteiger partial charge in [-0.2, -0.15) is 0 Å². The summed E-state index contributed by atoms with van der Waals surface area (Å²) >= 11 is 0. The molecule has 24 heavy (non-hydrogen) atoms. The van der Waals surface area contributed by atoms with Gasteiger partial charge in [0.25, 0.3) is 0 Å². The van der Waals surface area contributed by atoms with Crippen molar-refractivity contribution < 1.29 is 38.1 Å². The highest BCUT2D eigenvalue weighted by Crippen LogP contribution is 2.23. The van der Waals surface area contributed by atoms with Crippen molar-refractivity contribution in [2.45, 2.75) is 65.3 Å². The lowest BCUT2D eigenvalue weighted by Gasteiger charge is -2.17. The Morgan fingerprint density at radius 3 is 1.79 bits per heavy atom. The van der Waals surface area contributed by atoms with Gasteiger partial charge in [0, 0.05) is 6.92 Å². The summed E-state index contributed by atoms with van der Waals surface area (Å²) in [6.45, 7) is 8.06. The second-order valence-corrected chi connectivity index (χ2v) is 5.68. The van der Waals surface area contributed by atoms with E-state index in [9.17, 15) is 14.4 Å². The van der Waals surface area contributed by atoms with Crippen molar-refractivity contribution in [1.29, 1.82) is 0 Å². The van der Waals surface area contributed by atoms with Crippen LogP contribution in [0.4, 0.5) is 0 Å². The van der Waals surface area contributed by atoms with E-state index >= 15 is 0 Å². The molecule has 8 heteroatoms. The lowest BCUT2D eigenvalue weighted by Crippen LogP contribution is -2.40. The van der Waals surface area contributed by atoms with E-state index < -0.39 is 36.4 Å². The van der Waals surface area contributed by atoms with Crippen LogP contribution < -0.4 is 0 Å². The van der Waals surface area contributed by atoms with E-state index in [4.69, 9.17) is 23.7 Å². The monoisotopic (exact) mass is 344 g/mol. The topological polar surface area (TPSA) is 97.4 Å². The highest BCUT2D eigenvalue weighted by Gasteiger charge is 2.46. The molecule has 1 aliphatic heterocycles. The first-order valence-corrected chi connectivity index (χ1v) is 7.72. The number of carbonyl (C=O) groups is 3. The summed E-state index contributed by atoms with van der Waals surface area (Å²) in [6.07, 6.45) is -1.17. The summed E-state index contributed by atoms with van der Waals surface area (Å²) in [5.41, 5.74) is 0. The Labute approximate surface area is 141 Å². The summed E-state index contributed by atoms with van der Waals surface area (Å²) in [7, 11) is 0. The third-order valence-corrected chi connectivity index (χ3v) is 2.68. The van der Waals surface area contributed by atoms with E-state index in [2.05, 4.69) is 0 Å². The predicted octanol–water partition coefficient (Wildman–Crippen LogP) is 1.12. The molecule has 0 aliphatic carbocycles. The number of carbonyl (C=O) groups excluding carboxylic acids is 3. The van der Waals surface area contributed by atoms with Gasteiger partial charge in [-0.15, -0.1) is 0 Å². The van der Waals surface area contributed by atoms with E-state index in [0.29, 0.717) is 0 Å². The highest BCUT2D eigenvalue weighted by atomic mass is 16.8. The van der Waals surface area contributed by atoms with Crippen LogP contribution in [-0.4, -0.2) is 55.2 Å². The maximum Gasteiger partial charge on any atom is 0.339 e. The maximum atomic E-state index is 12.1. The Balaban J connectivity index is 2.75. The fraction of sp³-hybridized carbons (Fsp3) is 0.688. The van der Waals surface area contributed by atoms with Gasteiger partial charge in [0.15, 0.2) is 18.5 Å². The Bertz CT molecular complexity index is 452. The molecule has 0 saturated carbocycles. The molecule has 0 aromatic heterocycles. The Kier molecular flexibility index (Phi) is 7.87. The van der Waals surface area contributed by atoms with E-state index in [1.165, 1.54) is 19.1 Å². The Morgan fingerprint density at radius 2 is 1.42 bits per heavy atom. The highest BCUT2D eigenvalue weighted by molar-refractivity contribution is 5.86. The molecule has 0 radical (unpaired) electrons. The Morgan fingerprint density at radius 1 is 0.958 bits per heavy atom. The second-order valence-electron chi connectivity index (χ2n) is 5.68. The number of esters is 3. The van der Waals surface area contributed by atoms with Gasteiger partial charge >= 0.3 is 17.9 Å². The van der Waals surface area contributed by atoms with Crippen molar-refractivity contribution in [2.24, 2.45) is 0 Å². The minimum absolute atomic E-state index is 0.0285. The SMILES string of the molecule is CC(=O)OC/C=C/C1OC(C(=O)OC(C)C)C(C(=O)OC(C)C)O1. The van der Waals surface area contributed by atoms with Gasteiger partial charge < -0.3 is 23.7 Å². The largest absolute Gasteiger partial charge is 0.462 e. The third-order valence-electron chi connectivity index (χ3n) is 2.68. The average molecular weight is 344 g/mol. The van der Waals surface area contributed by atoms with Crippen LogP contribution in [0.3, 0.4) is 0 Å². The first kappa shape index (κ1) is 20.1. The maximum absolute atomic E-state index is 12.1. The number of ether oxygens (including phenoxy) is 5. The lowest BCUT2D eigenvalue weighted by molar-refractivity contribution is -0.167. The first-order valence-electron chi connectivity index (χ1n) is 7.72. The molecule has 2 unspecified atom stereocenters. The quantitative estimate of drug-likeness (QED) is 0.385. The lowest BCUT2D eigenvalue weighted by atomic mass is 10.2. The first-order chi connectivity index (χ1) is 11.2. The van der Waals surface area contributed by atoms with Crippen molar-refractivity contribution in [2.75, 3.05) is 6.61 Å². The van der Waals surface area contributed by atoms with Crippen molar-refractivity contribution in [3.63, 3.8) is 0 Å². The smallest absolute Gasteiger partial charge is 0.339 e. The number of hydrogen-bond donors (Lipinski definition) is 0. The zero-order chi connectivity index (χ0) is 18.3. The van der Waals surface area contributed by atoms with Crippen molar-refractivity contribution in [3.05, 3.63) is 12.2 Å². The van der Waals surface area contributed by atoms with Gasteiger partial charge in [-0.3, -0.25) is 4.79 Å². The van der Waals surface area contributed by atoms with Crippen molar-refractivity contribution in [1.82, 2.24) is 0 Å². The van der Waals surface area contributed by atoms with E-state index in [0.717, 1.165) is 0 Å². The minimum atomic E-state index is -1.22. The van der Waals surface area contributed by atoms with E-state index in [1.807, 2.05) is 0 Å². The Hall–Kier alpha value is -1.93. The second kappa shape index (κ2) is 9.39. The fourth-order valence-electron chi connectivity index (χ4n) is 1.84. The molecule has 136 valence electrons. The number of rotatable bonds is 7. The van der Waals surface area contributed by atoms with Gasteiger partial charge in [0.05, 0.1) is 12.2 Å². The van der Waals surface area contributed by atoms with E-state index in [1.54, 1.807) is 27.7 Å². The van der Waals surface area contributed by atoms with Crippen molar-refractivity contribution >= 4 is 17.9 Å². The molecule has 0 bridgehead atoms. The van der Waals surface area contributed by atoms with Gasteiger partial charge in [0.2, 0.25) is 0 Å². The molecule has 1 rings (SSSR count). The fourth-order valence-corrected chi connectivity index (χ4v) is 1.84. The van der Waals surface area contributed by atoms with Gasteiger partial charge in [0.1, 0.15) is 6.61 Å². The molecule has 1 fully saturated rings. The zero-order valence-corrected chi connectivity index (χ0v) is 14.5. The zero-order valence-electron chi connectivity index (χ0n) is 14.5. The molecule has 0 aromatic rings. The van der Waals surface area contributed by atoms with Crippen LogP contribution >= 0.6 is 0 Å². The molecule has 2 atom stereocenters. The molecule has 1 saturated heterocycles. The molecule has 0 N–H and O–H groups in total. The number of hydrogen-bond acceptors (Lipinski definition) is 8. The molecule has 0 spiro atoms. The molecular formula is C16H24O8. The summed E-state index contributed by atoms with van der Waals surface area (Å²) in [5, 5.41) is 0. The standard InChI is InChI=1S/C16H24O8/c1-9(2)21-15(18)13-14(16(19)22-10(3)4)24-12(23-13)7-6-8-20-11(5)17/h6-7,9-10,12-14H,8H2,1-5H3/b7-6+. The summed E-state index contributed by atoms with van der Waals surface area (Å²) in [4.78, 5) is 34.9. The van der Waals surface area contributed by atoms with Crippen LogP contribution in [-0.2, 0) is 38.1 Å².